The highest BCUT2D eigenvalue weighted by Crippen LogP contribution is 2.42. The average Bonchev–Trinajstić information content (AvgIpc) is 2.13. The van der Waals surface area contributed by atoms with Crippen molar-refractivity contribution in [1.29, 1.82) is 0 Å². The highest BCUT2D eigenvalue weighted by atomic mass is 16.3. The lowest BCUT2D eigenvalue weighted by Crippen LogP contribution is -2.19. The monoisotopic (exact) mass is 248 g/mol. The molecule has 0 saturated heterocycles. The molecule has 0 fully saturated rings. The van der Waals surface area contributed by atoms with Gasteiger partial charge in [-0.2, -0.15) is 0 Å². The zero-order chi connectivity index (χ0) is 14.3. The third-order valence-corrected chi connectivity index (χ3v) is 3.61. The second-order valence-electron chi connectivity index (χ2n) is 7.29. The van der Waals surface area contributed by atoms with E-state index in [-0.39, 0.29) is 10.8 Å². The number of phenolic OH excluding ortho intramolecular Hbond substituents is 1. The van der Waals surface area contributed by atoms with Crippen molar-refractivity contribution >= 4 is 0 Å². The van der Waals surface area contributed by atoms with Gasteiger partial charge in [0, 0.05) is 5.56 Å². The van der Waals surface area contributed by atoms with Crippen LogP contribution in [0.4, 0.5) is 0 Å². The van der Waals surface area contributed by atoms with Gasteiger partial charge in [0.05, 0.1) is 0 Å². The van der Waals surface area contributed by atoms with E-state index in [1.165, 1.54) is 11.1 Å². The van der Waals surface area contributed by atoms with Crippen LogP contribution < -0.4 is 0 Å². The number of hydrogen-bond donors (Lipinski definition) is 1. The smallest absolute Gasteiger partial charge is 0.123 e. The molecule has 0 saturated carbocycles. The van der Waals surface area contributed by atoms with Crippen molar-refractivity contribution < 1.29 is 5.11 Å². The molecule has 1 aromatic carbocycles. The van der Waals surface area contributed by atoms with Crippen LogP contribution in [0, 0.1) is 6.92 Å². The van der Waals surface area contributed by atoms with Crippen molar-refractivity contribution in [3.63, 3.8) is 0 Å². The van der Waals surface area contributed by atoms with Crippen molar-refractivity contribution in [3.8, 4) is 5.75 Å². The predicted octanol–water partition coefficient (Wildman–Crippen LogP) is 4.86. The average molecular weight is 248 g/mol. The van der Waals surface area contributed by atoms with Crippen LogP contribution >= 0.6 is 0 Å². The van der Waals surface area contributed by atoms with Crippen LogP contribution in [0.3, 0.4) is 0 Å². The van der Waals surface area contributed by atoms with Crippen LogP contribution in [-0.2, 0) is 17.3 Å². The lowest BCUT2D eigenvalue weighted by atomic mass is 9.75. The van der Waals surface area contributed by atoms with Gasteiger partial charge < -0.3 is 5.11 Å². The van der Waals surface area contributed by atoms with Gasteiger partial charge in [-0.15, -0.1) is 0 Å². The fourth-order valence-electron chi connectivity index (χ4n) is 2.68. The first-order chi connectivity index (χ1) is 8.00. The zero-order valence-corrected chi connectivity index (χ0v) is 13.2. The van der Waals surface area contributed by atoms with Gasteiger partial charge in [-0.3, -0.25) is 0 Å². The normalized spacial score (nSPS) is 12.9. The summed E-state index contributed by atoms with van der Waals surface area (Å²) >= 11 is 0. The highest BCUT2D eigenvalue weighted by molar-refractivity contribution is 5.54. The van der Waals surface area contributed by atoms with Gasteiger partial charge in [-0.25, -0.2) is 0 Å². The molecule has 18 heavy (non-hydrogen) atoms. The van der Waals surface area contributed by atoms with Crippen LogP contribution in [-0.4, -0.2) is 5.11 Å². The quantitative estimate of drug-likeness (QED) is 0.752. The van der Waals surface area contributed by atoms with E-state index in [0.717, 1.165) is 17.5 Å². The van der Waals surface area contributed by atoms with Gasteiger partial charge in [0.15, 0.2) is 0 Å². The van der Waals surface area contributed by atoms with Crippen LogP contribution in [0.25, 0.3) is 0 Å². The van der Waals surface area contributed by atoms with Crippen molar-refractivity contribution in [1.82, 2.24) is 0 Å². The molecular weight excluding hydrogens is 220 g/mol. The summed E-state index contributed by atoms with van der Waals surface area (Å²) in [6, 6.07) is 2.18. The van der Waals surface area contributed by atoms with Crippen molar-refractivity contribution in [2.45, 2.75) is 72.6 Å². The second-order valence-corrected chi connectivity index (χ2v) is 7.29. The Morgan fingerprint density at radius 1 is 1.00 bits per heavy atom. The van der Waals surface area contributed by atoms with Crippen LogP contribution in [0.2, 0.25) is 0 Å². The Hall–Kier alpha value is -0.980. The summed E-state index contributed by atoms with van der Waals surface area (Å²) in [6.45, 7) is 17.3. The molecule has 0 spiro atoms. The maximum absolute atomic E-state index is 10.7. The Morgan fingerprint density at radius 2 is 1.50 bits per heavy atom. The Balaban J connectivity index is 3.71. The molecule has 102 valence electrons. The van der Waals surface area contributed by atoms with Gasteiger partial charge >= 0.3 is 0 Å². The van der Waals surface area contributed by atoms with E-state index >= 15 is 0 Å². The van der Waals surface area contributed by atoms with E-state index in [9.17, 15) is 5.11 Å². The first-order valence-corrected chi connectivity index (χ1v) is 6.86. The van der Waals surface area contributed by atoms with E-state index in [1.807, 2.05) is 0 Å². The topological polar surface area (TPSA) is 20.2 Å². The number of aryl methyl sites for hydroxylation is 1. The van der Waals surface area contributed by atoms with Crippen molar-refractivity contribution in [2.75, 3.05) is 0 Å². The summed E-state index contributed by atoms with van der Waals surface area (Å²) in [7, 11) is 0. The Kier molecular flexibility index (Phi) is 3.86. The van der Waals surface area contributed by atoms with Crippen LogP contribution in [0.15, 0.2) is 6.07 Å². The van der Waals surface area contributed by atoms with E-state index < -0.39 is 0 Å². The Morgan fingerprint density at radius 3 is 1.83 bits per heavy atom. The molecular formula is C17H28O. The van der Waals surface area contributed by atoms with Crippen LogP contribution in [0.1, 0.15) is 70.7 Å². The van der Waals surface area contributed by atoms with E-state index in [2.05, 4.69) is 61.5 Å². The number of hydrogen-bond acceptors (Lipinski definition) is 1. The molecule has 0 amide bonds. The highest BCUT2D eigenvalue weighted by Gasteiger charge is 2.28. The molecule has 0 aromatic heterocycles. The first kappa shape index (κ1) is 15.1. The maximum atomic E-state index is 10.7. The number of phenols is 1. The molecule has 0 unspecified atom stereocenters. The summed E-state index contributed by atoms with van der Waals surface area (Å²) in [4.78, 5) is 0. The molecule has 0 atom stereocenters. The Labute approximate surface area is 112 Å². The summed E-state index contributed by atoms with van der Waals surface area (Å²) in [5.41, 5.74) is 4.71. The third-order valence-electron chi connectivity index (χ3n) is 3.61. The molecule has 1 aromatic rings. The Bertz CT molecular complexity index is 442. The van der Waals surface area contributed by atoms with E-state index in [1.54, 1.807) is 0 Å². The van der Waals surface area contributed by atoms with Gasteiger partial charge in [0.25, 0.3) is 0 Å². The molecule has 0 aliphatic rings. The molecule has 1 rings (SSSR count). The number of benzene rings is 1. The SMILES string of the molecule is CCc1cc(C(C)(C)C)c(O)c(C(C)(C)C)c1C. The van der Waals surface area contributed by atoms with Gasteiger partial charge in [0.2, 0.25) is 0 Å². The maximum Gasteiger partial charge on any atom is 0.123 e. The summed E-state index contributed by atoms with van der Waals surface area (Å²) in [5.74, 6) is 0.490. The largest absolute Gasteiger partial charge is 0.507 e. The van der Waals surface area contributed by atoms with Crippen molar-refractivity contribution in [2.24, 2.45) is 0 Å². The molecule has 0 bridgehead atoms. The molecule has 0 aliphatic heterocycles. The molecule has 1 N–H and O–H groups in total. The first-order valence-electron chi connectivity index (χ1n) is 6.86. The zero-order valence-electron chi connectivity index (χ0n) is 13.2. The standard InChI is InChI=1S/C17H28O/c1-9-12-10-13(16(3,4)5)15(18)14(11(12)2)17(6,7)8/h10,18H,9H2,1-8H3. The summed E-state index contributed by atoms with van der Waals surface area (Å²) in [6.07, 6.45) is 1.01. The third kappa shape index (κ3) is 2.71. The van der Waals surface area contributed by atoms with E-state index in [4.69, 9.17) is 0 Å². The molecule has 1 heteroatoms. The lowest BCUT2D eigenvalue weighted by molar-refractivity contribution is 0.421. The van der Waals surface area contributed by atoms with E-state index in [0.29, 0.717) is 5.75 Å². The fraction of sp³-hybridized carbons (Fsp3) is 0.647. The minimum atomic E-state index is -0.0284. The van der Waals surface area contributed by atoms with Gasteiger partial charge in [0.1, 0.15) is 5.75 Å². The molecule has 0 radical (unpaired) electrons. The van der Waals surface area contributed by atoms with Gasteiger partial charge in [-0.05, 0) is 40.9 Å². The predicted molar refractivity (Wildman–Crippen MR) is 79.6 cm³/mol. The van der Waals surface area contributed by atoms with Crippen LogP contribution in [0.5, 0.6) is 5.75 Å². The van der Waals surface area contributed by atoms with Crippen molar-refractivity contribution in [3.05, 3.63) is 28.3 Å². The summed E-state index contributed by atoms with van der Waals surface area (Å²) in [5, 5.41) is 10.7. The molecule has 0 heterocycles. The minimum absolute atomic E-state index is 0.0261. The minimum Gasteiger partial charge on any atom is -0.507 e. The fourth-order valence-corrected chi connectivity index (χ4v) is 2.68. The molecule has 1 nitrogen and oxygen atoms in total. The number of rotatable bonds is 1. The molecule has 0 aliphatic carbocycles. The second kappa shape index (κ2) is 4.60. The summed E-state index contributed by atoms with van der Waals surface area (Å²) < 4.78 is 0. The van der Waals surface area contributed by atoms with Gasteiger partial charge in [-0.1, -0.05) is 54.5 Å². The lowest BCUT2D eigenvalue weighted by Gasteiger charge is -2.30. The number of aromatic hydroxyl groups is 1.